The summed E-state index contributed by atoms with van der Waals surface area (Å²) in [6.45, 7) is -0.140. The summed E-state index contributed by atoms with van der Waals surface area (Å²) in [5.41, 5.74) is 6.41. The zero-order valence-corrected chi connectivity index (χ0v) is 10.8. The van der Waals surface area contributed by atoms with Gasteiger partial charge in [-0.15, -0.1) is 0 Å². The summed E-state index contributed by atoms with van der Waals surface area (Å²) >= 11 is 0. The molecule has 1 amide bonds. The highest BCUT2D eigenvalue weighted by Crippen LogP contribution is 2.29. The third-order valence-electron chi connectivity index (χ3n) is 3.55. The Kier molecular flexibility index (Phi) is 4.37. The fourth-order valence-corrected chi connectivity index (χ4v) is 2.71. The van der Waals surface area contributed by atoms with Crippen LogP contribution in [0.2, 0.25) is 0 Å². The average Bonchev–Trinajstić information content (AvgIpc) is 2.88. The van der Waals surface area contributed by atoms with Crippen LogP contribution in [-0.4, -0.2) is 23.6 Å². The maximum absolute atomic E-state index is 13.5. The summed E-state index contributed by atoms with van der Waals surface area (Å²) in [4.78, 5) is 13.1. The van der Waals surface area contributed by atoms with Crippen molar-refractivity contribution < 1.29 is 14.3 Å². The lowest BCUT2D eigenvalue weighted by atomic mass is 10.1. The molecule has 0 atom stereocenters. The number of hydrogen-bond acceptors (Lipinski definition) is 3. The van der Waals surface area contributed by atoms with Crippen molar-refractivity contribution in [2.45, 2.75) is 38.3 Å². The van der Waals surface area contributed by atoms with E-state index in [-0.39, 0.29) is 19.2 Å². The number of aliphatic hydroxyl groups excluding tert-OH is 1. The lowest BCUT2D eigenvalue weighted by molar-refractivity contribution is -0.116. The second-order valence-corrected chi connectivity index (χ2v) is 5.01. The van der Waals surface area contributed by atoms with Crippen molar-refractivity contribution in [3.8, 4) is 0 Å². The third kappa shape index (κ3) is 3.44. The Balaban J connectivity index is 2.30. The molecule has 1 fully saturated rings. The van der Waals surface area contributed by atoms with Gasteiger partial charge in [0, 0.05) is 11.7 Å². The van der Waals surface area contributed by atoms with E-state index >= 15 is 0 Å². The largest absolute Gasteiger partial charge is 0.392 e. The maximum Gasteiger partial charge on any atom is 0.236 e. The van der Waals surface area contributed by atoms with Crippen LogP contribution in [0.3, 0.4) is 0 Å². The van der Waals surface area contributed by atoms with Crippen molar-refractivity contribution in [3.05, 3.63) is 29.6 Å². The molecule has 1 aliphatic rings. The minimum Gasteiger partial charge on any atom is -0.392 e. The Hall–Kier alpha value is -1.62. The lowest BCUT2D eigenvalue weighted by Crippen LogP contribution is -2.40. The number of carbonyl (C=O) groups excluding carboxylic acids is 1. The van der Waals surface area contributed by atoms with Crippen LogP contribution in [0, 0.1) is 5.82 Å². The molecule has 3 N–H and O–H groups in total. The summed E-state index contributed by atoms with van der Waals surface area (Å²) in [6.07, 6.45) is 4.20. The summed E-state index contributed by atoms with van der Waals surface area (Å²) in [5, 5.41) is 9.14. The molecular formula is C14H19FN2O2. The number of nitrogens with zero attached hydrogens (tertiary/aromatic N) is 1. The van der Waals surface area contributed by atoms with E-state index < -0.39 is 11.7 Å². The second kappa shape index (κ2) is 6.02. The molecule has 4 nitrogen and oxygen atoms in total. The number of benzene rings is 1. The quantitative estimate of drug-likeness (QED) is 0.849. The highest BCUT2D eigenvalue weighted by Gasteiger charge is 2.24. The van der Waals surface area contributed by atoms with Crippen LogP contribution in [0.25, 0.3) is 0 Å². The van der Waals surface area contributed by atoms with E-state index in [1.807, 2.05) is 4.90 Å². The van der Waals surface area contributed by atoms with E-state index in [2.05, 4.69) is 0 Å². The molecule has 0 aromatic heterocycles. The summed E-state index contributed by atoms with van der Waals surface area (Å²) in [7, 11) is 0. The molecule has 0 aliphatic heterocycles. The van der Waals surface area contributed by atoms with Crippen molar-refractivity contribution in [2.24, 2.45) is 5.73 Å². The molecule has 0 spiro atoms. The van der Waals surface area contributed by atoms with Crippen LogP contribution in [0.1, 0.15) is 31.2 Å². The molecule has 1 saturated carbocycles. The first-order chi connectivity index (χ1) is 9.10. The molecule has 1 aliphatic carbocycles. The first-order valence-electron chi connectivity index (χ1n) is 6.55. The van der Waals surface area contributed by atoms with E-state index in [0.717, 1.165) is 25.7 Å². The van der Waals surface area contributed by atoms with E-state index in [1.165, 1.54) is 12.1 Å². The van der Waals surface area contributed by atoms with Gasteiger partial charge in [0.2, 0.25) is 5.91 Å². The monoisotopic (exact) mass is 266 g/mol. The van der Waals surface area contributed by atoms with Crippen molar-refractivity contribution in [1.82, 2.24) is 0 Å². The van der Waals surface area contributed by atoms with Gasteiger partial charge in [-0.1, -0.05) is 12.8 Å². The number of aliphatic hydroxyl groups is 1. The van der Waals surface area contributed by atoms with E-state index in [1.54, 1.807) is 6.07 Å². The van der Waals surface area contributed by atoms with Crippen LogP contribution in [0.15, 0.2) is 18.2 Å². The van der Waals surface area contributed by atoms with E-state index in [9.17, 15) is 9.18 Å². The Morgan fingerprint density at radius 1 is 1.37 bits per heavy atom. The normalized spacial score (nSPS) is 15.7. The highest BCUT2D eigenvalue weighted by atomic mass is 19.1. The molecule has 0 bridgehead atoms. The Labute approximate surface area is 112 Å². The first kappa shape index (κ1) is 13.8. The fourth-order valence-electron chi connectivity index (χ4n) is 2.71. The molecule has 19 heavy (non-hydrogen) atoms. The molecule has 1 aromatic rings. The molecule has 0 saturated heterocycles. The molecule has 0 unspecified atom stereocenters. The SMILES string of the molecule is NC(=O)CN(c1cc(F)cc(CO)c1)C1CCCC1. The summed E-state index contributed by atoms with van der Waals surface area (Å²) < 4.78 is 13.5. The minimum absolute atomic E-state index is 0.0823. The third-order valence-corrected chi connectivity index (χ3v) is 3.55. The van der Waals surface area contributed by atoms with Gasteiger partial charge in [-0.05, 0) is 36.6 Å². The van der Waals surface area contributed by atoms with Crippen molar-refractivity contribution in [3.63, 3.8) is 0 Å². The van der Waals surface area contributed by atoms with Crippen LogP contribution < -0.4 is 10.6 Å². The number of hydrogen-bond donors (Lipinski definition) is 2. The van der Waals surface area contributed by atoms with Gasteiger partial charge in [0.1, 0.15) is 5.82 Å². The van der Waals surface area contributed by atoms with Crippen molar-refractivity contribution in [1.29, 1.82) is 0 Å². The predicted molar refractivity (Wildman–Crippen MR) is 71.1 cm³/mol. The van der Waals surface area contributed by atoms with E-state index in [0.29, 0.717) is 11.3 Å². The average molecular weight is 266 g/mol. The number of nitrogens with two attached hydrogens (primary N) is 1. The number of anilines is 1. The van der Waals surface area contributed by atoms with Gasteiger partial charge in [-0.25, -0.2) is 4.39 Å². The molecule has 0 radical (unpaired) electrons. The minimum atomic E-state index is -0.429. The molecule has 0 heterocycles. The zero-order chi connectivity index (χ0) is 13.8. The number of halogens is 1. The lowest BCUT2D eigenvalue weighted by Gasteiger charge is -2.30. The zero-order valence-electron chi connectivity index (χ0n) is 10.8. The smallest absolute Gasteiger partial charge is 0.236 e. The summed E-state index contributed by atoms with van der Waals surface area (Å²) in [5.74, 6) is -0.837. The number of carbonyl (C=O) groups is 1. The van der Waals surface area contributed by atoms with Crippen LogP contribution in [0.5, 0.6) is 0 Å². The molecular weight excluding hydrogens is 247 g/mol. The molecule has 104 valence electrons. The highest BCUT2D eigenvalue weighted by molar-refractivity contribution is 5.79. The Bertz CT molecular complexity index is 459. The van der Waals surface area contributed by atoms with Gasteiger partial charge in [0.15, 0.2) is 0 Å². The van der Waals surface area contributed by atoms with Crippen LogP contribution in [-0.2, 0) is 11.4 Å². The fraction of sp³-hybridized carbons (Fsp3) is 0.500. The van der Waals surface area contributed by atoms with Crippen molar-refractivity contribution >= 4 is 11.6 Å². The maximum atomic E-state index is 13.5. The second-order valence-electron chi connectivity index (χ2n) is 5.01. The summed E-state index contributed by atoms with van der Waals surface area (Å²) in [6, 6.07) is 4.62. The first-order valence-corrected chi connectivity index (χ1v) is 6.55. The van der Waals surface area contributed by atoms with Gasteiger partial charge < -0.3 is 15.7 Å². The Morgan fingerprint density at radius 2 is 2.05 bits per heavy atom. The van der Waals surface area contributed by atoms with Gasteiger partial charge in [-0.2, -0.15) is 0 Å². The van der Waals surface area contributed by atoms with Crippen molar-refractivity contribution in [2.75, 3.05) is 11.4 Å². The molecule has 1 aromatic carbocycles. The molecule has 2 rings (SSSR count). The van der Waals surface area contributed by atoms with Gasteiger partial charge in [0.05, 0.1) is 13.2 Å². The van der Waals surface area contributed by atoms with Crippen LogP contribution in [0.4, 0.5) is 10.1 Å². The standard InChI is InChI=1S/C14H19FN2O2/c15-11-5-10(9-18)6-13(7-11)17(8-14(16)19)12-3-1-2-4-12/h5-7,12,18H,1-4,8-9H2,(H2,16,19). The van der Waals surface area contributed by atoms with E-state index in [4.69, 9.17) is 10.8 Å². The Morgan fingerprint density at radius 3 is 2.63 bits per heavy atom. The number of primary amides is 1. The van der Waals surface area contributed by atoms with Gasteiger partial charge >= 0.3 is 0 Å². The predicted octanol–water partition coefficient (Wildman–Crippen LogP) is 1.55. The topological polar surface area (TPSA) is 66.6 Å². The number of amides is 1. The number of rotatable bonds is 5. The molecule has 5 heteroatoms. The van der Waals surface area contributed by atoms with Gasteiger partial charge in [0.25, 0.3) is 0 Å². The van der Waals surface area contributed by atoms with Crippen LogP contribution >= 0.6 is 0 Å². The van der Waals surface area contributed by atoms with Gasteiger partial charge in [-0.3, -0.25) is 4.79 Å².